The lowest BCUT2D eigenvalue weighted by atomic mass is 10.0. The van der Waals surface area contributed by atoms with Gasteiger partial charge in [0.05, 0.1) is 7.11 Å². The molecule has 1 aromatic carbocycles. The molecule has 5 heteroatoms. The predicted octanol–water partition coefficient (Wildman–Crippen LogP) is 1.05. The van der Waals surface area contributed by atoms with Crippen LogP contribution in [0.3, 0.4) is 0 Å². The van der Waals surface area contributed by atoms with Crippen molar-refractivity contribution in [2.75, 3.05) is 13.7 Å². The number of amides is 1. The van der Waals surface area contributed by atoms with E-state index in [9.17, 15) is 9.59 Å². The Morgan fingerprint density at radius 2 is 2.11 bits per heavy atom. The van der Waals surface area contributed by atoms with E-state index in [2.05, 4.69) is 0 Å². The third-order valence-electron chi connectivity index (χ3n) is 3.12. The highest BCUT2D eigenvalue weighted by atomic mass is 16.5. The number of aliphatic carboxylic acids is 1. The number of aryl methyl sites for hydroxylation is 1. The van der Waals surface area contributed by atoms with Crippen LogP contribution in [-0.2, 0) is 22.6 Å². The molecule has 0 saturated carbocycles. The van der Waals surface area contributed by atoms with Crippen molar-refractivity contribution in [3.8, 4) is 5.75 Å². The Hall–Kier alpha value is -2.04. The van der Waals surface area contributed by atoms with Gasteiger partial charge in [0.2, 0.25) is 0 Å². The second kappa shape index (κ2) is 5.08. The van der Waals surface area contributed by atoms with E-state index in [0.29, 0.717) is 13.1 Å². The molecular formula is C13H15NO4. The molecule has 2 rings (SSSR count). The second-order valence-corrected chi connectivity index (χ2v) is 4.27. The molecule has 0 radical (unpaired) electrons. The molecule has 0 unspecified atom stereocenters. The average Bonchev–Trinajstić information content (AvgIpc) is 2.58. The number of hydrogen-bond donors (Lipinski definition) is 1. The first-order chi connectivity index (χ1) is 8.61. The molecule has 0 fully saturated rings. The molecule has 0 bridgehead atoms. The van der Waals surface area contributed by atoms with Crippen molar-refractivity contribution in [1.82, 2.24) is 4.90 Å². The Labute approximate surface area is 105 Å². The SMILES string of the molecule is COc1ccc2c(c1)CN(C(=O)C(=O)O)CCC2. The Bertz CT molecular complexity index is 484. The van der Waals surface area contributed by atoms with Gasteiger partial charge in [-0.2, -0.15) is 0 Å². The minimum absolute atomic E-state index is 0.331. The third-order valence-corrected chi connectivity index (χ3v) is 3.12. The summed E-state index contributed by atoms with van der Waals surface area (Å²) in [7, 11) is 1.58. The van der Waals surface area contributed by atoms with E-state index in [0.717, 1.165) is 29.7 Å². The molecule has 1 amide bonds. The zero-order chi connectivity index (χ0) is 13.1. The molecule has 1 N–H and O–H groups in total. The fourth-order valence-electron chi connectivity index (χ4n) is 2.17. The lowest BCUT2D eigenvalue weighted by Crippen LogP contribution is -2.36. The van der Waals surface area contributed by atoms with Crippen LogP contribution in [0.25, 0.3) is 0 Å². The van der Waals surface area contributed by atoms with E-state index >= 15 is 0 Å². The molecule has 1 heterocycles. The summed E-state index contributed by atoms with van der Waals surface area (Å²) in [5.74, 6) is -1.52. The summed E-state index contributed by atoms with van der Waals surface area (Å²) in [6.45, 7) is 0.805. The Morgan fingerprint density at radius 3 is 2.78 bits per heavy atom. The number of fused-ring (bicyclic) bond motifs is 1. The van der Waals surface area contributed by atoms with Gasteiger partial charge in [0.15, 0.2) is 0 Å². The molecule has 0 saturated heterocycles. The van der Waals surface area contributed by atoms with Gasteiger partial charge in [-0.25, -0.2) is 4.79 Å². The molecule has 0 aliphatic carbocycles. The fourth-order valence-corrected chi connectivity index (χ4v) is 2.17. The maximum absolute atomic E-state index is 11.5. The second-order valence-electron chi connectivity index (χ2n) is 4.27. The highest BCUT2D eigenvalue weighted by Gasteiger charge is 2.24. The molecule has 96 valence electrons. The van der Waals surface area contributed by atoms with Crippen molar-refractivity contribution in [3.63, 3.8) is 0 Å². The smallest absolute Gasteiger partial charge is 0.394 e. The third kappa shape index (κ3) is 2.45. The van der Waals surface area contributed by atoms with Crippen LogP contribution in [0.1, 0.15) is 17.5 Å². The summed E-state index contributed by atoms with van der Waals surface area (Å²) in [6, 6.07) is 5.72. The fraction of sp³-hybridized carbons (Fsp3) is 0.385. The van der Waals surface area contributed by atoms with Gasteiger partial charge in [-0.05, 0) is 36.1 Å². The van der Waals surface area contributed by atoms with Gasteiger partial charge in [-0.1, -0.05) is 6.07 Å². The van der Waals surface area contributed by atoms with Crippen LogP contribution < -0.4 is 4.74 Å². The first kappa shape index (κ1) is 12.4. The topological polar surface area (TPSA) is 66.8 Å². The van der Waals surface area contributed by atoms with Crippen molar-refractivity contribution >= 4 is 11.9 Å². The molecule has 1 aliphatic rings. The van der Waals surface area contributed by atoms with Crippen LogP contribution in [0, 0.1) is 0 Å². The predicted molar refractivity (Wildman–Crippen MR) is 64.4 cm³/mol. The maximum Gasteiger partial charge on any atom is 0.394 e. The number of nitrogens with zero attached hydrogens (tertiary/aromatic N) is 1. The highest BCUT2D eigenvalue weighted by Crippen LogP contribution is 2.23. The lowest BCUT2D eigenvalue weighted by Gasteiger charge is -2.18. The Kier molecular flexibility index (Phi) is 3.50. The van der Waals surface area contributed by atoms with Crippen LogP contribution in [0.2, 0.25) is 0 Å². The summed E-state index contributed by atoms with van der Waals surface area (Å²) in [4.78, 5) is 23.6. The number of carboxylic acid groups (broad SMARTS) is 1. The van der Waals surface area contributed by atoms with Crippen molar-refractivity contribution in [1.29, 1.82) is 0 Å². The number of hydrogen-bond acceptors (Lipinski definition) is 3. The highest BCUT2D eigenvalue weighted by molar-refractivity contribution is 6.31. The van der Waals surface area contributed by atoms with Crippen LogP contribution in [0.5, 0.6) is 5.75 Å². The lowest BCUT2D eigenvalue weighted by molar-refractivity contribution is -0.156. The quantitative estimate of drug-likeness (QED) is 0.755. The molecule has 0 aromatic heterocycles. The van der Waals surface area contributed by atoms with Gasteiger partial charge in [0, 0.05) is 13.1 Å². The summed E-state index contributed by atoms with van der Waals surface area (Å²) in [6.07, 6.45) is 1.63. The Balaban J connectivity index is 2.27. The molecule has 0 spiro atoms. The standard InChI is InChI=1S/C13H15NO4/c1-18-11-5-4-9-3-2-6-14(8-10(9)7-11)12(15)13(16)17/h4-5,7H,2-3,6,8H2,1H3,(H,16,17). The summed E-state index contributed by atoms with van der Waals surface area (Å²) >= 11 is 0. The average molecular weight is 249 g/mol. The maximum atomic E-state index is 11.5. The minimum Gasteiger partial charge on any atom is -0.497 e. The van der Waals surface area contributed by atoms with Gasteiger partial charge in [-0.15, -0.1) is 0 Å². The van der Waals surface area contributed by atoms with E-state index in [-0.39, 0.29) is 0 Å². The van der Waals surface area contributed by atoms with Crippen molar-refractivity contribution < 1.29 is 19.4 Å². The van der Waals surface area contributed by atoms with Crippen molar-refractivity contribution in [3.05, 3.63) is 29.3 Å². The van der Waals surface area contributed by atoms with E-state index in [4.69, 9.17) is 9.84 Å². The van der Waals surface area contributed by atoms with E-state index in [1.54, 1.807) is 7.11 Å². The summed E-state index contributed by atoms with van der Waals surface area (Å²) < 4.78 is 5.14. The molecule has 0 atom stereocenters. The van der Waals surface area contributed by atoms with Gasteiger partial charge >= 0.3 is 11.9 Å². The van der Waals surface area contributed by atoms with Crippen LogP contribution in [0.15, 0.2) is 18.2 Å². The van der Waals surface area contributed by atoms with Gasteiger partial charge in [-0.3, -0.25) is 4.79 Å². The summed E-state index contributed by atoms with van der Waals surface area (Å²) in [5.41, 5.74) is 2.11. The van der Waals surface area contributed by atoms with Crippen LogP contribution >= 0.6 is 0 Å². The van der Waals surface area contributed by atoms with Gasteiger partial charge in [0.1, 0.15) is 5.75 Å². The zero-order valence-corrected chi connectivity index (χ0v) is 10.2. The minimum atomic E-state index is -1.40. The molecule has 18 heavy (non-hydrogen) atoms. The van der Waals surface area contributed by atoms with E-state index in [1.807, 2.05) is 18.2 Å². The number of carbonyl (C=O) groups excluding carboxylic acids is 1. The number of carbonyl (C=O) groups is 2. The monoisotopic (exact) mass is 249 g/mol. The number of ether oxygens (including phenoxy) is 1. The van der Waals surface area contributed by atoms with Gasteiger partial charge < -0.3 is 14.7 Å². The largest absolute Gasteiger partial charge is 0.497 e. The van der Waals surface area contributed by atoms with Crippen LogP contribution in [0.4, 0.5) is 0 Å². The van der Waals surface area contributed by atoms with Crippen LogP contribution in [-0.4, -0.2) is 35.5 Å². The molecular weight excluding hydrogens is 234 g/mol. The number of methoxy groups -OCH3 is 1. The number of carboxylic acids is 1. The van der Waals surface area contributed by atoms with E-state index < -0.39 is 11.9 Å². The molecule has 5 nitrogen and oxygen atoms in total. The van der Waals surface area contributed by atoms with Gasteiger partial charge in [0.25, 0.3) is 0 Å². The normalized spacial score (nSPS) is 14.6. The first-order valence-corrected chi connectivity index (χ1v) is 5.80. The Morgan fingerprint density at radius 1 is 1.33 bits per heavy atom. The van der Waals surface area contributed by atoms with Crippen molar-refractivity contribution in [2.45, 2.75) is 19.4 Å². The van der Waals surface area contributed by atoms with Crippen molar-refractivity contribution in [2.24, 2.45) is 0 Å². The zero-order valence-electron chi connectivity index (χ0n) is 10.2. The number of rotatable bonds is 1. The first-order valence-electron chi connectivity index (χ1n) is 5.80. The van der Waals surface area contributed by atoms with E-state index in [1.165, 1.54) is 4.90 Å². The summed E-state index contributed by atoms with van der Waals surface area (Å²) in [5, 5.41) is 8.76. The number of benzene rings is 1. The molecule has 1 aromatic rings. The molecule has 1 aliphatic heterocycles.